The molecule has 15 heavy (non-hydrogen) atoms. The summed E-state index contributed by atoms with van der Waals surface area (Å²) in [5, 5.41) is 14.2. The Morgan fingerprint density at radius 2 is 2.33 bits per heavy atom. The molecule has 0 saturated carbocycles. The smallest absolute Gasteiger partial charge is 0.0830 e. The average molecular weight is 226 g/mol. The van der Waals surface area contributed by atoms with Crippen molar-refractivity contribution in [2.45, 2.75) is 18.9 Å². The molecule has 1 aromatic rings. The Labute approximate surface area is 95.3 Å². The SMILES string of the molecule is O[C@@H](c1cccc(Cl)c1)[C@@H]1CCCNC1. The molecule has 0 unspecified atom stereocenters. The summed E-state index contributed by atoms with van der Waals surface area (Å²) < 4.78 is 0. The molecule has 2 nitrogen and oxygen atoms in total. The van der Waals surface area contributed by atoms with Crippen LogP contribution >= 0.6 is 11.6 Å². The summed E-state index contributed by atoms with van der Waals surface area (Å²) in [6.07, 6.45) is 1.83. The van der Waals surface area contributed by atoms with Gasteiger partial charge in [0.15, 0.2) is 0 Å². The molecule has 3 heteroatoms. The first-order valence-corrected chi connectivity index (χ1v) is 5.79. The van der Waals surface area contributed by atoms with Gasteiger partial charge < -0.3 is 10.4 Å². The molecule has 1 aliphatic heterocycles. The van der Waals surface area contributed by atoms with Crippen LogP contribution in [0.4, 0.5) is 0 Å². The third-order valence-corrected chi connectivity index (χ3v) is 3.21. The Bertz CT molecular complexity index is 323. The van der Waals surface area contributed by atoms with Crippen molar-refractivity contribution in [3.05, 3.63) is 34.9 Å². The predicted molar refractivity (Wildman–Crippen MR) is 62.0 cm³/mol. The minimum absolute atomic E-state index is 0.317. The van der Waals surface area contributed by atoms with E-state index in [4.69, 9.17) is 11.6 Å². The fourth-order valence-corrected chi connectivity index (χ4v) is 2.31. The van der Waals surface area contributed by atoms with Gasteiger partial charge in [-0.2, -0.15) is 0 Å². The Morgan fingerprint density at radius 3 is 3.00 bits per heavy atom. The second-order valence-corrected chi connectivity index (χ2v) is 4.54. The Morgan fingerprint density at radius 1 is 1.47 bits per heavy atom. The monoisotopic (exact) mass is 225 g/mol. The van der Waals surface area contributed by atoms with Crippen LogP contribution in [0.1, 0.15) is 24.5 Å². The van der Waals surface area contributed by atoms with Crippen LogP contribution in [-0.2, 0) is 0 Å². The van der Waals surface area contributed by atoms with E-state index >= 15 is 0 Å². The molecule has 2 rings (SSSR count). The van der Waals surface area contributed by atoms with Gasteiger partial charge in [-0.25, -0.2) is 0 Å². The van der Waals surface area contributed by atoms with Gasteiger partial charge in [-0.1, -0.05) is 23.7 Å². The second kappa shape index (κ2) is 4.97. The molecule has 0 amide bonds. The lowest BCUT2D eigenvalue weighted by molar-refractivity contribution is 0.0922. The number of rotatable bonds is 2. The van der Waals surface area contributed by atoms with Crippen LogP contribution in [0.2, 0.25) is 5.02 Å². The average Bonchev–Trinajstić information content (AvgIpc) is 2.29. The van der Waals surface area contributed by atoms with Gasteiger partial charge in [-0.3, -0.25) is 0 Å². The van der Waals surface area contributed by atoms with Crippen molar-refractivity contribution < 1.29 is 5.11 Å². The quantitative estimate of drug-likeness (QED) is 0.810. The van der Waals surface area contributed by atoms with Crippen LogP contribution in [-0.4, -0.2) is 18.2 Å². The van der Waals surface area contributed by atoms with Crippen LogP contribution in [0.15, 0.2) is 24.3 Å². The van der Waals surface area contributed by atoms with Crippen molar-refractivity contribution in [3.63, 3.8) is 0 Å². The Balaban J connectivity index is 2.08. The lowest BCUT2D eigenvalue weighted by Gasteiger charge is -2.27. The van der Waals surface area contributed by atoms with E-state index in [1.807, 2.05) is 24.3 Å². The first-order valence-electron chi connectivity index (χ1n) is 5.41. The molecular weight excluding hydrogens is 210 g/mol. The number of benzene rings is 1. The van der Waals surface area contributed by atoms with Crippen molar-refractivity contribution in [2.75, 3.05) is 13.1 Å². The predicted octanol–water partition coefficient (Wildman–Crippen LogP) is 2.37. The molecule has 0 bridgehead atoms. The summed E-state index contributed by atoms with van der Waals surface area (Å²) in [6, 6.07) is 7.50. The van der Waals surface area contributed by atoms with Gasteiger partial charge in [-0.15, -0.1) is 0 Å². The fourth-order valence-electron chi connectivity index (χ4n) is 2.11. The largest absolute Gasteiger partial charge is 0.388 e. The summed E-state index contributed by atoms with van der Waals surface area (Å²) in [4.78, 5) is 0. The van der Waals surface area contributed by atoms with Gasteiger partial charge in [0.1, 0.15) is 0 Å². The van der Waals surface area contributed by atoms with E-state index in [-0.39, 0.29) is 0 Å². The lowest BCUT2D eigenvalue weighted by atomic mass is 9.89. The van der Waals surface area contributed by atoms with E-state index in [1.165, 1.54) is 0 Å². The zero-order valence-corrected chi connectivity index (χ0v) is 9.37. The number of nitrogens with one attached hydrogen (secondary N) is 1. The van der Waals surface area contributed by atoms with E-state index in [0.29, 0.717) is 10.9 Å². The van der Waals surface area contributed by atoms with E-state index < -0.39 is 6.10 Å². The van der Waals surface area contributed by atoms with E-state index in [2.05, 4.69) is 5.32 Å². The minimum atomic E-state index is -0.392. The molecule has 2 N–H and O–H groups in total. The molecular formula is C12H16ClNO. The normalized spacial score (nSPS) is 23.7. The molecule has 1 aliphatic rings. The summed E-state index contributed by atoms with van der Waals surface area (Å²) in [6.45, 7) is 1.96. The zero-order chi connectivity index (χ0) is 10.7. The molecule has 82 valence electrons. The number of hydrogen-bond donors (Lipinski definition) is 2. The third-order valence-electron chi connectivity index (χ3n) is 2.97. The van der Waals surface area contributed by atoms with Crippen molar-refractivity contribution in [1.29, 1.82) is 0 Å². The molecule has 1 heterocycles. The molecule has 0 radical (unpaired) electrons. The molecule has 1 aromatic carbocycles. The van der Waals surface area contributed by atoms with Crippen LogP contribution < -0.4 is 5.32 Å². The standard InChI is InChI=1S/C12H16ClNO/c13-11-5-1-3-9(7-11)12(15)10-4-2-6-14-8-10/h1,3,5,7,10,12,14-15H,2,4,6,8H2/t10-,12+/m1/s1. The maximum absolute atomic E-state index is 10.2. The topological polar surface area (TPSA) is 32.3 Å². The first kappa shape index (κ1) is 10.9. The van der Waals surface area contributed by atoms with Gasteiger partial charge in [0.25, 0.3) is 0 Å². The van der Waals surface area contributed by atoms with Crippen LogP contribution in [0.5, 0.6) is 0 Å². The number of halogens is 1. The molecule has 1 saturated heterocycles. The number of piperidine rings is 1. The highest BCUT2D eigenvalue weighted by Crippen LogP contribution is 2.28. The van der Waals surface area contributed by atoms with Crippen molar-refractivity contribution in [2.24, 2.45) is 5.92 Å². The fraction of sp³-hybridized carbons (Fsp3) is 0.500. The first-order chi connectivity index (χ1) is 7.27. The van der Waals surface area contributed by atoms with Crippen LogP contribution in [0.25, 0.3) is 0 Å². The van der Waals surface area contributed by atoms with Crippen LogP contribution in [0, 0.1) is 5.92 Å². The van der Waals surface area contributed by atoms with E-state index in [0.717, 1.165) is 31.5 Å². The van der Waals surface area contributed by atoms with Gasteiger partial charge in [-0.05, 0) is 37.1 Å². The zero-order valence-electron chi connectivity index (χ0n) is 8.62. The van der Waals surface area contributed by atoms with Crippen molar-refractivity contribution in [3.8, 4) is 0 Å². The molecule has 0 spiro atoms. The lowest BCUT2D eigenvalue weighted by Crippen LogP contribution is -2.33. The van der Waals surface area contributed by atoms with Crippen molar-refractivity contribution in [1.82, 2.24) is 5.32 Å². The summed E-state index contributed by atoms with van der Waals surface area (Å²) in [7, 11) is 0. The number of hydrogen-bond acceptors (Lipinski definition) is 2. The highest BCUT2D eigenvalue weighted by Gasteiger charge is 2.22. The highest BCUT2D eigenvalue weighted by molar-refractivity contribution is 6.30. The maximum Gasteiger partial charge on any atom is 0.0830 e. The molecule has 0 aliphatic carbocycles. The van der Waals surface area contributed by atoms with Gasteiger partial charge in [0.05, 0.1) is 6.10 Å². The Kier molecular flexibility index (Phi) is 3.62. The Hall–Kier alpha value is -0.570. The highest BCUT2D eigenvalue weighted by atomic mass is 35.5. The number of aliphatic hydroxyl groups excluding tert-OH is 1. The third kappa shape index (κ3) is 2.71. The van der Waals surface area contributed by atoms with Gasteiger partial charge in [0, 0.05) is 17.5 Å². The molecule has 1 fully saturated rings. The maximum atomic E-state index is 10.2. The van der Waals surface area contributed by atoms with E-state index in [9.17, 15) is 5.11 Å². The summed E-state index contributed by atoms with van der Waals surface area (Å²) in [5.74, 6) is 0.317. The summed E-state index contributed by atoms with van der Waals surface area (Å²) in [5.41, 5.74) is 0.927. The van der Waals surface area contributed by atoms with Crippen LogP contribution in [0.3, 0.4) is 0 Å². The number of aliphatic hydroxyl groups is 1. The van der Waals surface area contributed by atoms with Crippen molar-refractivity contribution >= 4 is 11.6 Å². The minimum Gasteiger partial charge on any atom is -0.388 e. The van der Waals surface area contributed by atoms with E-state index in [1.54, 1.807) is 0 Å². The van der Waals surface area contributed by atoms with Gasteiger partial charge >= 0.3 is 0 Å². The van der Waals surface area contributed by atoms with Gasteiger partial charge in [0.2, 0.25) is 0 Å². The molecule has 2 atom stereocenters. The summed E-state index contributed by atoms with van der Waals surface area (Å²) >= 11 is 5.90. The second-order valence-electron chi connectivity index (χ2n) is 4.11. The molecule has 0 aromatic heterocycles.